The van der Waals surface area contributed by atoms with Crippen molar-refractivity contribution in [3.05, 3.63) is 153 Å². The van der Waals surface area contributed by atoms with Crippen molar-refractivity contribution in [2.24, 2.45) is 0 Å². The van der Waals surface area contributed by atoms with E-state index < -0.39 is 29.8 Å². The summed E-state index contributed by atoms with van der Waals surface area (Å²) in [6, 6.07) is 28.1. The third-order valence-electron chi connectivity index (χ3n) is 8.62. The van der Waals surface area contributed by atoms with Crippen LogP contribution in [0, 0.1) is 13.8 Å². The van der Waals surface area contributed by atoms with Crippen LogP contribution in [0.2, 0.25) is 0 Å². The van der Waals surface area contributed by atoms with Crippen LogP contribution in [0.4, 0.5) is 0 Å². The summed E-state index contributed by atoms with van der Waals surface area (Å²) >= 11 is 0. The highest BCUT2D eigenvalue weighted by atomic mass is 16.5. The van der Waals surface area contributed by atoms with Crippen LogP contribution in [-0.2, 0) is 54.6 Å². The van der Waals surface area contributed by atoms with Gasteiger partial charge in [0, 0.05) is 11.4 Å². The Morgan fingerprint density at radius 3 is 1.29 bits per heavy atom. The molecule has 0 saturated carbocycles. The van der Waals surface area contributed by atoms with Crippen LogP contribution < -0.4 is 0 Å². The number of hydrogen-bond donors (Lipinski definition) is 2. The molecule has 0 bridgehead atoms. The highest BCUT2D eigenvalue weighted by molar-refractivity contribution is 5.92. The maximum Gasteiger partial charge on any atom is 0.355 e. The second kappa shape index (κ2) is 17.2. The van der Waals surface area contributed by atoms with Crippen LogP contribution in [0.1, 0.15) is 91.1 Å². The molecule has 0 aliphatic heterocycles. The maximum atomic E-state index is 13.6. The number of benzene rings is 3. The summed E-state index contributed by atoms with van der Waals surface area (Å²) in [5.41, 5.74) is 5.91. The first-order valence-corrected chi connectivity index (χ1v) is 16.9. The van der Waals surface area contributed by atoms with Gasteiger partial charge in [0.05, 0.1) is 32.0 Å². The van der Waals surface area contributed by atoms with Gasteiger partial charge < -0.3 is 28.9 Å². The minimum Gasteiger partial charge on any atom is -0.466 e. The van der Waals surface area contributed by atoms with Crippen LogP contribution in [0.3, 0.4) is 0 Å². The Bertz CT molecular complexity index is 1840. The normalized spacial score (nSPS) is 10.9. The molecular weight excluding hydrogens is 648 g/mol. The fourth-order valence-corrected chi connectivity index (χ4v) is 6.10. The number of rotatable bonds is 15. The minimum atomic E-state index is -0.705. The molecule has 0 radical (unpaired) electrons. The molecule has 0 fully saturated rings. The second-order valence-corrected chi connectivity index (χ2v) is 12.0. The molecule has 51 heavy (non-hydrogen) atoms. The summed E-state index contributed by atoms with van der Waals surface area (Å²) in [7, 11) is 0. The van der Waals surface area contributed by atoms with Crippen LogP contribution in [0.5, 0.6) is 0 Å². The number of carbonyl (C=O) groups excluding carboxylic acids is 4. The van der Waals surface area contributed by atoms with Gasteiger partial charge in [-0.25, -0.2) is 9.59 Å². The van der Waals surface area contributed by atoms with E-state index in [2.05, 4.69) is 9.97 Å². The summed E-state index contributed by atoms with van der Waals surface area (Å²) in [6.07, 6.45) is -0.278. The van der Waals surface area contributed by atoms with Crippen LogP contribution in [0.15, 0.2) is 91.0 Å². The number of aromatic nitrogens is 2. The SMILES string of the molecule is CCOC(=O)Cc1c(C(c2ccccc2)c2[nH]c(C(=O)OCc3ccccc3)c(C)c2CC(=O)OCC)[nH]c(C(=O)OCc2ccccc2)c1C. The average Bonchev–Trinajstić information content (AvgIpc) is 3.63. The zero-order valence-electron chi connectivity index (χ0n) is 29.2. The number of aromatic amines is 2. The number of H-pyrrole nitrogens is 2. The summed E-state index contributed by atoms with van der Waals surface area (Å²) in [4.78, 5) is 60.0. The van der Waals surface area contributed by atoms with Gasteiger partial charge >= 0.3 is 23.9 Å². The first kappa shape index (κ1) is 36.4. The van der Waals surface area contributed by atoms with Crippen molar-refractivity contribution in [3.8, 4) is 0 Å². The largest absolute Gasteiger partial charge is 0.466 e. The number of nitrogens with one attached hydrogen (secondary N) is 2. The lowest BCUT2D eigenvalue weighted by molar-refractivity contribution is -0.143. The van der Waals surface area contributed by atoms with E-state index in [9.17, 15) is 19.2 Å². The predicted molar refractivity (Wildman–Crippen MR) is 190 cm³/mol. The lowest BCUT2D eigenvalue weighted by Gasteiger charge is -2.20. The van der Waals surface area contributed by atoms with Crippen molar-refractivity contribution < 1.29 is 38.1 Å². The number of carbonyl (C=O) groups is 4. The molecule has 0 spiro atoms. The molecule has 5 aromatic rings. The quantitative estimate of drug-likeness (QED) is 0.0880. The molecule has 2 N–H and O–H groups in total. The van der Waals surface area contributed by atoms with E-state index in [0.717, 1.165) is 16.7 Å². The van der Waals surface area contributed by atoms with Gasteiger partial charge in [-0.3, -0.25) is 9.59 Å². The molecule has 10 heteroatoms. The molecule has 5 rings (SSSR count). The molecule has 0 unspecified atom stereocenters. The topological polar surface area (TPSA) is 137 Å². The zero-order chi connectivity index (χ0) is 36.3. The van der Waals surface area contributed by atoms with Crippen molar-refractivity contribution in [2.75, 3.05) is 13.2 Å². The van der Waals surface area contributed by atoms with Gasteiger partial charge in [-0.2, -0.15) is 0 Å². The summed E-state index contributed by atoms with van der Waals surface area (Å²) in [5.74, 6) is -2.85. The van der Waals surface area contributed by atoms with Gasteiger partial charge in [0.1, 0.15) is 24.6 Å². The monoisotopic (exact) mass is 690 g/mol. The van der Waals surface area contributed by atoms with E-state index in [1.165, 1.54) is 0 Å². The lowest BCUT2D eigenvalue weighted by atomic mass is 9.86. The fourth-order valence-electron chi connectivity index (χ4n) is 6.10. The molecule has 0 aliphatic carbocycles. The Balaban J connectivity index is 1.65. The Labute approximate surface area is 297 Å². The lowest BCUT2D eigenvalue weighted by Crippen LogP contribution is -2.15. The molecule has 10 nitrogen and oxygen atoms in total. The number of esters is 4. The van der Waals surface area contributed by atoms with E-state index in [4.69, 9.17) is 18.9 Å². The van der Waals surface area contributed by atoms with Gasteiger partial charge in [0.2, 0.25) is 0 Å². The molecule has 264 valence electrons. The molecular formula is C41H42N2O8. The van der Waals surface area contributed by atoms with Crippen molar-refractivity contribution in [1.29, 1.82) is 0 Å². The molecule has 0 saturated heterocycles. The van der Waals surface area contributed by atoms with E-state index in [1.807, 2.05) is 91.0 Å². The average molecular weight is 691 g/mol. The second-order valence-electron chi connectivity index (χ2n) is 12.0. The summed E-state index contributed by atoms with van der Waals surface area (Å²) < 4.78 is 22.1. The van der Waals surface area contributed by atoms with Gasteiger partial charge in [-0.15, -0.1) is 0 Å². The van der Waals surface area contributed by atoms with Gasteiger partial charge in [-0.05, 0) is 66.6 Å². The summed E-state index contributed by atoms with van der Waals surface area (Å²) in [6.45, 7) is 7.42. The summed E-state index contributed by atoms with van der Waals surface area (Å²) in [5, 5.41) is 0. The predicted octanol–water partition coefficient (Wildman–Crippen LogP) is 7.07. The number of ether oxygens (including phenoxy) is 4. The van der Waals surface area contributed by atoms with E-state index in [1.54, 1.807) is 27.7 Å². The maximum absolute atomic E-state index is 13.6. The van der Waals surface area contributed by atoms with Gasteiger partial charge in [0.15, 0.2) is 0 Å². The zero-order valence-corrected chi connectivity index (χ0v) is 29.2. The molecule has 2 heterocycles. The molecule has 0 amide bonds. The van der Waals surface area contributed by atoms with E-state index in [0.29, 0.717) is 33.6 Å². The van der Waals surface area contributed by atoms with Gasteiger partial charge in [0.25, 0.3) is 0 Å². The molecule has 0 atom stereocenters. The first-order chi connectivity index (χ1) is 24.7. The molecule has 2 aromatic heterocycles. The van der Waals surface area contributed by atoms with Crippen molar-refractivity contribution in [2.45, 2.75) is 59.7 Å². The van der Waals surface area contributed by atoms with Crippen LogP contribution in [0.25, 0.3) is 0 Å². The first-order valence-electron chi connectivity index (χ1n) is 16.9. The van der Waals surface area contributed by atoms with Crippen molar-refractivity contribution >= 4 is 23.9 Å². The molecule has 0 aliphatic rings. The van der Waals surface area contributed by atoms with Gasteiger partial charge in [-0.1, -0.05) is 91.0 Å². The number of hydrogen-bond acceptors (Lipinski definition) is 8. The van der Waals surface area contributed by atoms with E-state index >= 15 is 0 Å². The Kier molecular flexibility index (Phi) is 12.2. The Hall–Kier alpha value is -5.90. The fraction of sp³-hybridized carbons (Fsp3) is 0.268. The highest BCUT2D eigenvalue weighted by Gasteiger charge is 2.34. The highest BCUT2D eigenvalue weighted by Crippen LogP contribution is 2.39. The van der Waals surface area contributed by atoms with Crippen LogP contribution in [-0.4, -0.2) is 47.1 Å². The van der Waals surface area contributed by atoms with Crippen molar-refractivity contribution in [3.63, 3.8) is 0 Å². The third-order valence-corrected chi connectivity index (χ3v) is 8.62. The van der Waals surface area contributed by atoms with Crippen molar-refractivity contribution in [1.82, 2.24) is 9.97 Å². The molecule has 3 aromatic carbocycles. The minimum absolute atomic E-state index is 0.0523. The van der Waals surface area contributed by atoms with E-state index in [-0.39, 0.29) is 50.7 Å². The Morgan fingerprint density at radius 1 is 0.549 bits per heavy atom. The van der Waals surface area contributed by atoms with Crippen LogP contribution >= 0.6 is 0 Å². The third kappa shape index (κ3) is 8.83. The smallest absolute Gasteiger partial charge is 0.355 e. The Morgan fingerprint density at radius 2 is 0.922 bits per heavy atom. The standard InChI is InChI=1S/C41H42N2O8/c1-5-48-33(44)22-31-26(3)36(40(46)50-24-28-16-10-7-11-17-28)42-38(31)35(30-20-14-9-15-21-30)39-32(23-34(45)49-6-2)27(4)37(43-39)41(47)51-25-29-18-12-8-13-19-29/h7-21,35,42-43H,5-6,22-25H2,1-4H3.